The fourth-order valence-electron chi connectivity index (χ4n) is 2.99. The van der Waals surface area contributed by atoms with E-state index in [-0.39, 0.29) is 5.97 Å². The Bertz CT molecular complexity index is 651. The summed E-state index contributed by atoms with van der Waals surface area (Å²) in [6.07, 6.45) is 2.23. The number of benzene rings is 2. The third-order valence-electron chi connectivity index (χ3n) is 4.09. The van der Waals surface area contributed by atoms with Crippen molar-refractivity contribution in [3.63, 3.8) is 0 Å². The zero-order valence-corrected chi connectivity index (χ0v) is 12.1. The molecule has 3 nitrogen and oxygen atoms in total. The van der Waals surface area contributed by atoms with Crippen LogP contribution in [-0.2, 0) is 17.7 Å². The molecule has 3 rings (SSSR count). The van der Waals surface area contributed by atoms with Gasteiger partial charge in [0.2, 0.25) is 0 Å². The molecule has 3 heteroatoms. The van der Waals surface area contributed by atoms with Crippen LogP contribution in [0.25, 0.3) is 0 Å². The van der Waals surface area contributed by atoms with Gasteiger partial charge in [-0.25, -0.2) is 4.79 Å². The van der Waals surface area contributed by atoms with Crippen LogP contribution in [0.1, 0.15) is 39.5 Å². The van der Waals surface area contributed by atoms with Crippen LogP contribution in [-0.4, -0.2) is 13.1 Å². The molecule has 2 aromatic rings. The van der Waals surface area contributed by atoms with Crippen molar-refractivity contribution < 1.29 is 9.53 Å². The Kier molecular flexibility index (Phi) is 4.02. The zero-order valence-electron chi connectivity index (χ0n) is 12.1. The van der Waals surface area contributed by atoms with E-state index in [0.717, 1.165) is 18.4 Å². The summed E-state index contributed by atoms with van der Waals surface area (Å²) in [4.78, 5) is 11.8. The molecule has 0 spiro atoms. The van der Waals surface area contributed by atoms with Crippen molar-refractivity contribution >= 4 is 5.97 Å². The highest BCUT2D eigenvalue weighted by molar-refractivity contribution is 5.90. The van der Waals surface area contributed by atoms with Gasteiger partial charge >= 0.3 is 5.97 Å². The molecule has 0 saturated carbocycles. The molecule has 0 bridgehead atoms. The van der Waals surface area contributed by atoms with Gasteiger partial charge in [0.25, 0.3) is 0 Å². The molecule has 0 fully saturated rings. The molecule has 1 atom stereocenters. The smallest absolute Gasteiger partial charge is 0.338 e. The average Bonchev–Trinajstić information content (AvgIpc) is 2.96. The number of carbonyl (C=O) groups is 1. The molecular formula is C18H19NO2. The van der Waals surface area contributed by atoms with Gasteiger partial charge in [-0.1, -0.05) is 42.5 Å². The first-order chi connectivity index (χ1) is 10.3. The lowest BCUT2D eigenvalue weighted by atomic mass is 10.1. The van der Waals surface area contributed by atoms with E-state index in [2.05, 4.69) is 29.6 Å². The predicted octanol–water partition coefficient (Wildman–Crippen LogP) is 3.25. The molecule has 1 aliphatic rings. The monoisotopic (exact) mass is 281 g/mol. The second kappa shape index (κ2) is 6.10. The van der Waals surface area contributed by atoms with E-state index in [1.807, 2.05) is 24.3 Å². The van der Waals surface area contributed by atoms with E-state index in [1.165, 1.54) is 18.2 Å². The third-order valence-corrected chi connectivity index (χ3v) is 4.09. The first-order valence-corrected chi connectivity index (χ1v) is 7.27. The molecule has 1 N–H and O–H groups in total. The van der Waals surface area contributed by atoms with Crippen LogP contribution in [0.4, 0.5) is 0 Å². The normalized spacial score (nSPS) is 16.5. The lowest BCUT2D eigenvalue weighted by molar-refractivity contribution is 0.0599. The molecule has 108 valence electrons. The molecule has 0 aliphatic heterocycles. The van der Waals surface area contributed by atoms with Gasteiger partial charge in [-0.15, -0.1) is 0 Å². The molecule has 0 radical (unpaired) electrons. The van der Waals surface area contributed by atoms with Gasteiger partial charge in [-0.3, -0.25) is 0 Å². The minimum Gasteiger partial charge on any atom is -0.465 e. The van der Waals surface area contributed by atoms with Crippen molar-refractivity contribution in [3.8, 4) is 0 Å². The van der Waals surface area contributed by atoms with Gasteiger partial charge in [0.15, 0.2) is 0 Å². The fraction of sp³-hybridized carbons (Fsp3) is 0.278. The third kappa shape index (κ3) is 2.83. The van der Waals surface area contributed by atoms with Gasteiger partial charge < -0.3 is 10.1 Å². The number of carbonyl (C=O) groups excluding carboxylic acids is 1. The van der Waals surface area contributed by atoms with E-state index >= 15 is 0 Å². The molecule has 0 aromatic heterocycles. The summed E-state index contributed by atoms with van der Waals surface area (Å²) in [5.74, 6) is -0.278. The van der Waals surface area contributed by atoms with E-state index in [9.17, 15) is 4.79 Å². The minimum absolute atomic E-state index is 0.278. The van der Waals surface area contributed by atoms with Crippen LogP contribution >= 0.6 is 0 Å². The largest absolute Gasteiger partial charge is 0.465 e. The lowest BCUT2D eigenvalue weighted by Gasteiger charge is -2.15. The van der Waals surface area contributed by atoms with E-state index < -0.39 is 0 Å². The summed E-state index contributed by atoms with van der Waals surface area (Å²) in [5.41, 5.74) is 4.43. The number of aryl methyl sites for hydroxylation is 1. The van der Waals surface area contributed by atoms with Crippen LogP contribution in [0, 0.1) is 0 Å². The van der Waals surface area contributed by atoms with Gasteiger partial charge in [-0.2, -0.15) is 0 Å². The number of nitrogens with one attached hydrogen (secondary N) is 1. The molecule has 1 unspecified atom stereocenters. The van der Waals surface area contributed by atoms with Crippen molar-refractivity contribution in [3.05, 3.63) is 70.8 Å². The Hall–Kier alpha value is -2.13. The summed E-state index contributed by atoms with van der Waals surface area (Å²) >= 11 is 0. The van der Waals surface area contributed by atoms with E-state index in [1.54, 1.807) is 0 Å². The molecule has 21 heavy (non-hydrogen) atoms. The summed E-state index contributed by atoms with van der Waals surface area (Å²) in [6, 6.07) is 16.5. The first kappa shape index (κ1) is 13.8. The molecule has 0 saturated heterocycles. The average molecular weight is 281 g/mol. The van der Waals surface area contributed by atoms with Crippen LogP contribution in [0.5, 0.6) is 0 Å². The highest BCUT2D eigenvalue weighted by Gasteiger charge is 2.21. The number of methoxy groups -OCH3 is 1. The Morgan fingerprint density at radius 3 is 2.81 bits per heavy atom. The number of hydrogen-bond acceptors (Lipinski definition) is 3. The summed E-state index contributed by atoms with van der Waals surface area (Å²) in [5, 5.41) is 3.57. The van der Waals surface area contributed by atoms with Gasteiger partial charge in [0.1, 0.15) is 0 Å². The maximum absolute atomic E-state index is 11.8. The number of esters is 1. The van der Waals surface area contributed by atoms with Crippen molar-refractivity contribution in [2.75, 3.05) is 7.11 Å². The standard InChI is InChI=1S/C18H19NO2/c1-21-18(20)16-9-5-3-7-14(16)12-19-17-11-10-13-6-2-4-8-15(13)17/h2-9,17,19H,10-12H2,1H3. The highest BCUT2D eigenvalue weighted by atomic mass is 16.5. The Morgan fingerprint density at radius 2 is 1.95 bits per heavy atom. The zero-order chi connectivity index (χ0) is 14.7. The van der Waals surface area contributed by atoms with Gasteiger partial charge in [0.05, 0.1) is 12.7 Å². The maximum Gasteiger partial charge on any atom is 0.338 e. The Balaban J connectivity index is 1.73. The molecule has 2 aromatic carbocycles. The molecule has 1 aliphatic carbocycles. The molecule has 0 heterocycles. The predicted molar refractivity (Wildman–Crippen MR) is 82.1 cm³/mol. The van der Waals surface area contributed by atoms with Crippen molar-refractivity contribution in [2.24, 2.45) is 0 Å². The van der Waals surface area contributed by atoms with Gasteiger partial charge in [-0.05, 0) is 35.6 Å². The minimum atomic E-state index is -0.278. The quantitative estimate of drug-likeness (QED) is 0.874. The summed E-state index contributed by atoms with van der Waals surface area (Å²) in [7, 11) is 1.42. The highest BCUT2D eigenvalue weighted by Crippen LogP contribution is 2.31. The summed E-state index contributed by atoms with van der Waals surface area (Å²) in [6.45, 7) is 0.671. The fourth-order valence-corrected chi connectivity index (χ4v) is 2.99. The Labute approximate surface area is 124 Å². The number of hydrogen-bond donors (Lipinski definition) is 1. The van der Waals surface area contributed by atoms with Crippen molar-refractivity contribution in [1.29, 1.82) is 0 Å². The van der Waals surface area contributed by atoms with E-state index in [0.29, 0.717) is 18.2 Å². The summed E-state index contributed by atoms with van der Waals surface area (Å²) < 4.78 is 4.84. The van der Waals surface area contributed by atoms with Crippen LogP contribution in [0.15, 0.2) is 48.5 Å². The lowest BCUT2D eigenvalue weighted by Crippen LogP contribution is -2.20. The van der Waals surface area contributed by atoms with Crippen LogP contribution in [0.2, 0.25) is 0 Å². The second-order valence-electron chi connectivity index (χ2n) is 5.32. The maximum atomic E-state index is 11.8. The molecule has 0 amide bonds. The van der Waals surface area contributed by atoms with Crippen molar-refractivity contribution in [2.45, 2.75) is 25.4 Å². The topological polar surface area (TPSA) is 38.3 Å². The van der Waals surface area contributed by atoms with Crippen molar-refractivity contribution in [1.82, 2.24) is 5.32 Å². The number of fused-ring (bicyclic) bond motifs is 1. The molecular weight excluding hydrogens is 262 g/mol. The second-order valence-corrected chi connectivity index (χ2v) is 5.32. The number of ether oxygens (including phenoxy) is 1. The first-order valence-electron chi connectivity index (χ1n) is 7.27. The van der Waals surface area contributed by atoms with Gasteiger partial charge in [0, 0.05) is 12.6 Å². The number of rotatable bonds is 4. The Morgan fingerprint density at radius 1 is 1.19 bits per heavy atom. The van der Waals surface area contributed by atoms with E-state index in [4.69, 9.17) is 4.74 Å². The van der Waals surface area contributed by atoms with Crippen LogP contribution in [0.3, 0.4) is 0 Å². The van der Waals surface area contributed by atoms with Crippen LogP contribution < -0.4 is 5.32 Å². The SMILES string of the molecule is COC(=O)c1ccccc1CNC1CCc2ccccc21.